The molecule has 0 aliphatic heterocycles. The topological polar surface area (TPSA) is 44.1 Å². The van der Waals surface area contributed by atoms with Crippen molar-refractivity contribution in [3.8, 4) is 16.9 Å². The van der Waals surface area contributed by atoms with Crippen molar-refractivity contribution in [1.82, 2.24) is 9.55 Å². The third-order valence-corrected chi connectivity index (χ3v) is 3.79. The van der Waals surface area contributed by atoms with Gasteiger partial charge in [-0.15, -0.1) is 0 Å². The SMILES string of the molecule is COc1ccccc1-c1cc2cccnc2n(CC(C)C)c1=O. The summed E-state index contributed by atoms with van der Waals surface area (Å²) in [5.41, 5.74) is 2.14. The number of hydrogen-bond acceptors (Lipinski definition) is 3. The predicted molar refractivity (Wildman–Crippen MR) is 92.8 cm³/mol. The molecule has 0 saturated heterocycles. The molecular formula is C19H20N2O2. The van der Waals surface area contributed by atoms with Crippen LogP contribution >= 0.6 is 0 Å². The number of pyridine rings is 2. The van der Waals surface area contributed by atoms with Crippen LogP contribution in [0.1, 0.15) is 13.8 Å². The molecule has 4 nitrogen and oxygen atoms in total. The monoisotopic (exact) mass is 308 g/mol. The van der Waals surface area contributed by atoms with Crippen molar-refractivity contribution in [2.45, 2.75) is 20.4 Å². The maximum Gasteiger partial charge on any atom is 0.260 e. The first-order valence-corrected chi connectivity index (χ1v) is 7.73. The molecule has 0 spiro atoms. The molecule has 0 fully saturated rings. The first-order valence-electron chi connectivity index (χ1n) is 7.73. The Morgan fingerprint density at radius 1 is 1.13 bits per heavy atom. The molecule has 0 aliphatic carbocycles. The second kappa shape index (κ2) is 6.24. The molecule has 0 N–H and O–H groups in total. The summed E-state index contributed by atoms with van der Waals surface area (Å²) in [4.78, 5) is 17.5. The van der Waals surface area contributed by atoms with Crippen LogP contribution < -0.4 is 10.3 Å². The molecule has 2 aromatic heterocycles. The molecule has 3 rings (SSSR count). The quantitative estimate of drug-likeness (QED) is 0.737. The van der Waals surface area contributed by atoms with Crippen LogP contribution in [0.3, 0.4) is 0 Å². The van der Waals surface area contributed by atoms with Crippen LogP contribution in [-0.2, 0) is 6.54 Å². The van der Waals surface area contributed by atoms with E-state index in [9.17, 15) is 4.79 Å². The number of nitrogens with zero attached hydrogens (tertiary/aromatic N) is 2. The lowest BCUT2D eigenvalue weighted by Gasteiger charge is -2.15. The van der Waals surface area contributed by atoms with Gasteiger partial charge in [0.05, 0.1) is 12.7 Å². The summed E-state index contributed by atoms with van der Waals surface area (Å²) >= 11 is 0. The largest absolute Gasteiger partial charge is 0.496 e. The van der Waals surface area contributed by atoms with Crippen molar-refractivity contribution in [2.75, 3.05) is 7.11 Å². The number of fused-ring (bicyclic) bond motifs is 1. The van der Waals surface area contributed by atoms with Crippen LogP contribution in [0.15, 0.2) is 53.5 Å². The van der Waals surface area contributed by atoms with Gasteiger partial charge in [-0.05, 0) is 30.2 Å². The van der Waals surface area contributed by atoms with E-state index in [0.717, 1.165) is 16.6 Å². The van der Waals surface area contributed by atoms with Gasteiger partial charge in [-0.3, -0.25) is 9.36 Å². The number of ether oxygens (including phenoxy) is 1. The van der Waals surface area contributed by atoms with E-state index in [4.69, 9.17) is 4.74 Å². The van der Waals surface area contributed by atoms with E-state index < -0.39 is 0 Å². The van der Waals surface area contributed by atoms with Crippen LogP contribution in [0.2, 0.25) is 0 Å². The van der Waals surface area contributed by atoms with E-state index in [1.54, 1.807) is 17.9 Å². The van der Waals surface area contributed by atoms with Gasteiger partial charge in [-0.25, -0.2) is 4.98 Å². The Bertz CT molecular complexity index is 897. The molecular weight excluding hydrogens is 288 g/mol. The molecule has 0 radical (unpaired) electrons. The Labute approximate surface area is 135 Å². The van der Waals surface area contributed by atoms with Gasteiger partial charge in [0.25, 0.3) is 5.56 Å². The van der Waals surface area contributed by atoms with Gasteiger partial charge in [0.15, 0.2) is 0 Å². The minimum Gasteiger partial charge on any atom is -0.496 e. The van der Waals surface area contributed by atoms with Crippen molar-refractivity contribution >= 4 is 11.0 Å². The maximum atomic E-state index is 13.1. The van der Waals surface area contributed by atoms with E-state index in [1.165, 1.54) is 0 Å². The summed E-state index contributed by atoms with van der Waals surface area (Å²) in [6, 6.07) is 13.4. The smallest absolute Gasteiger partial charge is 0.260 e. The molecule has 0 unspecified atom stereocenters. The zero-order valence-corrected chi connectivity index (χ0v) is 13.6. The summed E-state index contributed by atoms with van der Waals surface area (Å²) in [5, 5.41) is 0.952. The van der Waals surface area contributed by atoms with Gasteiger partial charge in [-0.1, -0.05) is 32.0 Å². The van der Waals surface area contributed by atoms with Crippen molar-refractivity contribution in [3.63, 3.8) is 0 Å². The number of benzene rings is 1. The Hall–Kier alpha value is -2.62. The first-order chi connectivity index (χ1) is 11.1. The molecule has 0 saturated carbocycles. The fourth-order valence-corrected chi connectivity index (χ4v) is 2.80. The summed E-state index contributed by atoms with van der Waals surface area (Å²) in [6.07, 6.45) is 1.72. The van der Waals surface area contributed by atoms with Gasteiger partial charge in [0.1, 0.15) is 11.4 Å². The van der Waals surface area contributed by atoms with Crippen molar-refractivity contribution < 1.29 is 4.74 Å². The molecule has 1 aromatic carbocycles. The summed E-state index contributed by atoms with van der Waals surface area (Å²) < 4.78 is 7.19. The highest BCUT2D eigenvalue weighted by atomic mass is 16.5. The molecule has 3 aromatic rings. The molecule has 23 heavy (non-hydrogen) atoms. The number of methoxy groups -OCH3 is 1. The fraction of sp³-hybridized carbons (Fsp3) is 0.263. The average molecular weight is 308 g/mol. The van der Waals surface area contributed by atoms with Gasteiger partial charge in [0, 0.05) is 23.7 Å². The van der Waals surface area contributed by atoms with Crippen LogP contribution in [0.4, 0.5) is 0 Å². The minimum atomic E-state index is -0.0330. The lowest BCUT2D eigenvalue weighted by molar-refractivity contribution is 0.416. The summed E-state index contributed by atoms with van der Waals surface area (Å²) in [5.74, 6) is 1.05. The van der Waals surface area contributed by atoms with E-state index in [1.807, 2.05) is 42.5 Å². The van der Waals surface area contributed by atoms with Crippen molar-refractivity contribution in [1.29, 1.82) is 0 Å². The maximum absolute atomic E-state index is 13.1. The van der Waals surface area contributed by atoms with Crippen molar-refractivity contribution in [2.24, 2.45) is 5.92 Å². The van der Waals surface area contributed by atoms with E-state index >= 15 is 0 Å². The normalized spacial score (nSPS) is 11.1. The van der Waals surface area contributed by atoms with E-state index in [-0.39, 0.29) is 5.56 Å². The zero-order valence-electron chi connectivity index (χ0n) is 13.6. The van der Waals surface area contributed by atoms with Crippen LogP contribution in [0, 0.1) is 5.92 Å². The number of aromatic nitrogens is 2. The zero-order chi connectivity index (χ0) is 16.4. The standard InChI is InChI=1S/C19H20N2O2/c1-13(2)12-21-18-14(7-6-10-20-18)11-16(19(21)22)15-8-4-5-9-17(15)23-3/h4-11,13H,12H2,1-3H3. The summed E-state index contributed by atoms with van der Waals surface area (Å²) in [7, 11) is 1.62. The Balaban J connectivity index is 2.34. The number of para-hydroxylation sites is 1. The molecule has 4 heteroatoms. The molecule has 0 bridgehead atoms. The van der Waals surface area contributed by atoms with E-state index in [2.05, 4.69) is 18.8 Å². The molecule has 0 atom stereocenters. The Morgan fingerprint density at radius 3 is 2.65 bits per heavy atom. The Kier molecular flexibility index (Phi) is 4.15. The molecule has 118 valence electrons. The van der Waals surface area contributed by atoms with Gasteiger partial charge in [-0.2, -0.15) is 0 Å². The molecule has 2 heterocycles. The van der Waals surface area contributed by atoms with Gasteiger partial charge in [0.2, 0.25) is 0 Å². The fourth-order valence-electron chi connectivity index (χ4n) is 2.80. The highest BCUT2D eigenvalue weighted by molar-refractivity contribution is 5.82. The van der Waals surface area contributed by atoms with Crippen molar-refractivity contribution in [3.05, 3.63) is 59.0 Å². The Morgan fingerprint density at radius 2 is 1.91 bits per heavy atom. The van der Waals surface area contributed by atoms with Crippen LogP contribution in [0.5, 0.6) is 5.75 Å². The van der Waals surface area contributed by atoms with Gasteiger partial charge < -0.3 is 4.74 Å². The van der Waals surface area contributed by atoms with Crippen LogP contribution in [-0.4, -0.2) is 16.7 Å². The lowest BCUT2D eigenvalue weighted by atomic mass is 10.0. The predicted octanol–water partition coefficient (Wildman–Crippen LogP) is 3.73. The third kappa shape index (κ3) is 2.84. The second-order valence-electron chi connectivity index (χ2n) is 5.98. The number of rotatable bonds is 4. The highest BCUT2D eigenvalue weighted by Gasteiger charge is 2.15. The van der Waals surface area contributed by atoms with Crippen LogP contribution in [0.25, 0.3) is 22.2 Å². The van der Waals surface area contributed by atoms with E-state index in [0.29, 0.717) is 23.8 Å². The third-order valence-electron chi connectivity index (χ3n) is 3.79. The minimum absolute atomic E-state index is 0.0330. The van der Waals surface area contributed by atoms with Gasteiger partial charge >= 0.3 is 0 Å². The summed E-state index contributed by atoms with van der Waals surface area (Å²) in [6.45, 7) is 4.82. The number of hydrogen-bond donors (Lipinski definition) is 0. The first kappa shape index (κ1) is 15.3. The second-order valence-corrected chi connectivity index (χ2v) is 5.98. The molecule has 0 aliphatic rings. The average Bonchev–Trinajstić information content (AvgIpc) is 2.57. The lowest BCUT2D eigenvalue weighted by Crippen LogP contribution is -2.25. The highest BCUT2D eigenvalue weighted by Crippen LogP contribution is 2.29. The molecule has 0 amide bonds.